The summed E-state index contributed by atoms with van der Waals surface area (Å²) in [4.78, 5) is 22.5. The number of nitro groups is 1. The van der Waals surface area contributed by atoms with Gasteiger partial charge in [0, 0.05) is 19.0 Å². The van der Waals surface area contributed by atoms with Crippen molar-refractivity contribution in [3.05, 3.63) is 34.1 Å². The van der Waals surface area contributed by atoms with Gasteiger partial charge < -0.3 is 4.90 Å². The number of sulfonamides is 1. The van der Waals surface area contributed by atoms with E-state index in [1.54, 1.807) is 0 Å². The maximum Gasteiger partial charge on any atom is 0.306 e. The molecule has 0 bridgehead atoms. The third-order valence-corrected chi connectivity index (χ3v) is 4.24. The summed E-state index contributed by atoms with van der Waals surface area (Å²) in [6.07, 6.45) is -0.302. The van der Waals surface area contributed by atoms with Crippen molar-refractivity contribution in [2.45, 2.75) is 11.7 Å². The molecule has 1 aliphatic rings. The Labute approximate surface area is 113 Å². The number of carbonyl (C=O) groups excluding carboxylic acids is 1. The van der Waals surface area contributed by atoms with Crippen molar-refractivity contribution in [3.8, 4) is 0 Å². The van der Waals surface area contributed by atoms with Gasteiger partial charge in [-0.1, -0.05) is 0 Å². The number of nitrogens with zero attached hydrogens (tertiary/aromatic N) is 2. The highest BCUT2D eigenvalue weighted by Gasteiger charge is 2.37. The first-order valence-corrected chi connectivity index (χ1v) is 7.07. The molecule has 0 radical (unpaired) electrons. The van der Waals surface area contributed by atoms with Crippen LogP contribution in [0.2, 0.25) is 0 Å². The lowest BCUT2D eigenvalue weighted by molar-refractivity contribution is -0.387. The number of anilines is 1. The zero-order valence-electron chi connectivity index (χ0n) is 10.0. The first kappa shape index (κ1) is 14.3. The molecular weight excluding hydrogens is 293 g/mol. The number of rotatable bonds is 3. The van der Waals surface area contributed by atoms with Gasteiger partial charge in [0.2, 0.25) is 21.7 Å². The average molecular weight is 303 g/mol. The zero-order chi connectivity index (χ0) is 15.1. The first-order valence-electron chi connectivity index (χ1n) is 5.46. The largest absolute Gasteiger partial charge is 0.311 e. The van der Waals surface area contributed by atoms with Crippen LogP contribution in [0.1, 0.15) is 6.42 Å². The monoisotopic (exact) mass is 303 g/mol. The summed E-state index contributed by atoms with van der Waals surface area (Å²) in [7, 11) is -3.88. The molecular formula is C10H10FN3O5S. The number of hydrogen-bond acceptors (Lipinski definition) is 5. The van der Waals surface area contributed by atoms with Crippen molar-refractivity contribution in [3.63, 3.8) is 0 Å². The molecule has 1 saturated heterocycles. The van der Waals surface area contributed by atoms with Gasteiger partial charge in [-0.25, -0.2) is 13.6 Å². The predicted octanol–water partition coefficient (Wildman–Crippen LogP) is 0.128. The van der Waals surface area contributed by atoms with Crippen LogP contribution in [0.3, 0.4) is 0 Å². The van der Waals surface area contributed by atoms with Gasteiger partial charge in [-0.3, -0.25) is 14.9 Å². The van der Waals surface area contributed by atoms with E-state index in [1.165, 1.54) is 6.07 Å². The number of hydrogen-bond donors (Lipinski definition) is 1. The molecule has 0 aromatic heterocycles. The number of carbonyl (C=O) groups is 1. The standard InChI is InChI=1S/C10H10FN3O5S/c11-8-2-1-6(3-9(8)14(16)17)13-5-7(4-10(13)15)20(12,18)19/h1-3,7H,4-5H2,(H2,12,18,19). The Morgan fingerprint density at radius 3 is 2.60 bits per heavy atom. The number of primary sulfonamides is 1. The summed E-state index contributed by atoms with van der Waals surface area (Å²) >= 11 is 0. The minimum absolute atomic E-state index is 0.0641. The first-order chi connectivity index (χ1) is 9.20. The van der Waals surface area contributed by atoms with Crippen molar-refractivity contribution in [1.29, 1.82) is 0 Å². The van der Waals surface area contributed by atoms with Crippen molar-refractivity contribution >= 4 is 27.3 Å². The van der Waals surface area contributed by atoms with Crippen molar-refractivity contribution in [2.75, 3.05) is 11.4 Å². The molecule has 8 nitrogen and oxygen atoms in total. The zero-order valence-corrected chi connectivity index (χ0v) is 10.8. The number of benzene rings is 1. The van der Waals surface area contributed by atoms with Crippen LogP contribution in [0.25, 0.3) is 0 Å². The fourth-order valence-corrected chi connectivity index (χ4v) is 2.69. The molecule has 0 spiro atoms. The van der Waals surface area contributed by atoms with E-state index >= 15 is 0 Å². The number of halogens is 1. The molecule has 1 atom stereocenters. The van der Waals surface area contributed by atoms with Crippen LogP contribution in [0, 0.1) is 15.9 Å². The summed E-state index contributed by atoms with van der Waals surface area (Å²) in [5.41, 5.74) is -0.719. The molecule has 1 aromatic rings. The number of nitro benzene ring substituents is 1. The van der Waals surface area contributed by atoms with Crippen molar-refractivity contribution in [1.82, 2.24) is 0 Å². The molecule has 1 aliphatic heterocycles. The highest BCUT2D eigenvalue weighted by atomic mass is 32.2. The maximum absolute atomic E-state index is 13.2. The smallest absolute Gasteiger partial charge is 0.306 e. The molecule has 2 N–H and O–H groups in total. The second-order valence-corrected chi connectivity index (χ2v) is 6.16. The quantitative estimate of drug-likeness (QED) is 0.627. The van der Waals surface area contributed by atoms with Crippen LogP contribution < -0.4 is 10.0 Å². The maximum atomic E-state index is 13.2. The van der Waals surface area contributed by atoms with Gasteiger partial charge in [-0.2, -0.15) is 4.39 Å². The second kappa shape index (κ2) is 4.80. The van der Waals surface area contributed by atoms with Gasteiger partial charge in [0.25, 0.3) is 0 Å². The highest BCUT2D eigenvalue weighted by molar-refractivity contribution is 7.89. The van der Waals surface area contributed by atoms with E-state index in [-0.39, 0.29) is 18.7 Å². The van der Waals surface area contributed by atoms with E-state index in [2.05, 4.69) is 0 Å². The summed E-state index contributed by atoms with van der Waals surface area (Å²) < 4.78 is 35.6. The van der Waals surface area contributed by atoms with Gasteiger partial charge in [0.05, 0.1) is 10.6 Å². The Hall–Kier alpha value is -2.07. The van der Waals surface area contributed by atoms with Gasteiger partial charge in [0.1, 0.15) is 5.25 Å². The van der Waals surface area contributed by atoms with E-state index < -0.39 is 37.6 Å². The number of amides is 1. The van der Waals surface area contributed by atoms with E-state index in [4.69, 9.17) is 5.14 Å². The topological polar surface area (TPSA) is 124 Å². The Morgan fingerprint density at radius 2 is 2.10 bits per heavy atom. The molecule has 10 heteroatoms. The van der Waals surface area contributed by atoms with E-state index in [0.717, 1.165) is 17.0 Å². The lowest BCUT2D eigenvalue weighted by Crippen LogP contribution is -2.32. The van der Waals surface area contributed by atoms with E-state index in [9.17, 15) is 27.7 Å². The number of nitrogens with two attached hydrogens (primary N) is 1. The summed E-state index contributed by atoms with van der Waals surface area (Å²) in [6.45, 7) is -0.208. The van der Waals surface area contributed by atoms with Crippen LogP contribution in [0.5, 0.6) is 0 Å². The average Bonchev–Trinajstić information content (AvgIpc) is 2.71. The minimum Gasteiger partial charge on any atom is -0.311 e. The van der Waals surface area contributed by atoms with Crippen LogP contribution in [-0.4, -0.2) is 31.0 Å². The SMILES string of the molecule is NS(=O)(=O)C1CC(=O)N(c2ccc(F)c([N+](=O)[O-])c2)C1. The predicted molar refractivity (Wildman–Crippen MR) is 66.9 cm³/mol. The third-order valence-electron chi connectivity index (χ3n) is 2.99. The fraction of sp³-hybridized carbons (Fsp3) is 0.300. The normalized spacial score (nSPS) is 19.4. The van der Waals surface area contributed by atoms with E-state index in [1.807, 2.05) is 0 Å². The van der Waals surface area contributed by atoms with Gasteiger partial charge >= 0.3 is 5.69 Å². The molecule has 1 heterocycles. The van der Waals surface area contributed by atoms with Crippen molar-refractivity contribution in [2.24, 2.45) is 5.14 Å². The summed E-state index contributed by atoms with van der Waals surface area (Å²) in [6, 6.07) is 2.91. The molecule has 108 valence electrons. The lowest BCUT2D eigenvalue weighted by atomic mass is 10.2. The molecule has 1 unspecified atom stereocenters. The molecule has 0 saturated carbocycles. The van der Waals surface area contributed by atoms with E-state index in [0.29, 0.717) is 0 Å². The molecule has 1 aromatic carbocycles. The molecule has 1 amide bonds. The Morgan fingerprint density at radius 1 is 1.45 bits per heavy atom. The summed E-state index contributed by atoms with van der Waals surface area (Å²) in [5.74, 6) is -1.57. The van der Waals surface area contributed by atoms with Crippen LogP contribution >= 0.6 is 0 Å². The lowest BCUT2D eigenvalue weighted by Gasteiger charge is -2.16. The minimum atomic E-state index is -3.88. The molecule has 1 fully saturated rings. The van der Waals surface area contributed by atoms with Gasteiger partial charge in [0.15, 0.2) is 0 Å². The summed E-state index contributed by atoms with van der Waals surface area (Å²) in [5, 5.41) is 14.5. The van der Waals surface area contributed by atoms with Crippen LogP contribution in [0.15, 0.2) is 18.2 Å². The highest BCUT2D eigenvalue weighted by Crippen LogP contribution is 2.28. The Kier molecular flexibility index (Phi) is 3.44. The second-order valence-electron chi connectivity index (χ2n) is 4.31. The van der Waals surface area contributed by atoms with Gasteiger partial charge in [-0.05, 0) is 12.1 Å². The molecule has 0 aliphatic carbocycles. The fourth-order valence-electron chi connectivity index (χ4n) is 1.95. The molecule has 20 heavy (non-hydrogen) atoms. The van der Waals surface area contributed by atoms with Crippen LogP contribution in [0.4, 0.5) is 15.8 Å². The van der Waals surface area contributed by atoms with Crippen LogP contribution in [-0.2, 0) is 14.8 Å². The Balaban J connectivity index is 2.36. The van der Waals surface area contributed by atoms with Crippen molar-refractivity contribution < 1.29 is 22.5 Å². The molecule has 2 rings (SSSR count). The third kappa shape index (κ3) is 2.60. The van der Waals surface area contributed by atoms with Gasteiger partial charge in [-0.15, -0.1) is 0 Å². The Bertz CT molecular complexity index is 690.